The van der Waals surface area contributed by atoms with Gasteiger partial charge in [0.05, 0.1) is 0 Å². The van der Waals surface area contributed by atoms with Crippen molar-refractivity contribution in [2.45, 2.75) is 25.8 Å². The molecule has 2 rings (SSSR count). The molecule has 0 aliphatic carbocycles. The van der Waals surface area contributed by atoms with E-state index >= 15 is 0 Å². The minimum Gasteiger partial charge on any atom is -0.492 e. The molecule has 0 aliphatic heterocycles. The Balaban J connectivity index is 1.60. The van der Waals surface area contributed by atoms with E-state index in [9.17, 15) is 0 Å². The average Bonchev–Trinajstić information content (AvgIpc) is 2.51. The molecule has 0 saturated carbocycles. The third-order valence-electron chi connectivity index (χ3n) is 3.37. The summed E-state index contributed by atoms with van der Waals surface area (Å²) in [6.07, 6.45) is 2.25. The molecule has 1 N–H and O–H groups in total. The van der Waals surface area contributed by atoms with E-state index in [-0.39, 0.29) is 0 Å². The van der Waals surface area contributed by atoms with Gasteiger partial charge in [-0.05, 0) is 43.5 Å². The van der Waals surface area contributed by atoms with Crippen molar-refractivity contribution in [3.05, 3.63) is 64.6 Å². The normalized spacial score (nSPS) is 12.1. The summed E-state index contributed by atoms with van der Waals surface area (Å²) in [5.74, 6) is 0.906. The molecule has 0 aromatic heterocycles. The van der Waals surface area contributed by atoms with Crippen LogP contribution in [-0.4, -0.2) is 19.2 Å². The Morgan fingerprint density at radius 2 is 1.90 bits per heavy atom. The van der Waals surface area contributed by atoms with Gasteiger partial charge in [0.2, 0.25) is 0 Å². The Bertz CT molecular complexity index is 530. The van der Waals surface area contributed by atoms with Crippen LogP contribution in [0.25, 0.3) is 0 Å². The van der Waals surface area contributed by atoms with E-state index in [1.165, 1.54) is 5.56 Å². The van der Waals surface area contributed by atoms with E-state index in [4.69, 9.17) is 4.74 Å². The molecule has 21 heavy (non-hydrogen) atoms. The lowest BCUT2D eigenvalue weighted by Crippen LogP contribution is -2.30. The van der Waals surface area contributed by atoms with Crippen LogP contribution >= 0.6 is 15.9 Å². The highest BCUT2D eigenvalue weighted by molar-refractivity contribution is 9.10. The molecule has 0 fully saturated rings. The summed E-state index contributed by atoms with van der Waals surface area (Å²) in [6, 6.07) is 19.1. The van der Waals surface area contributed by atoms with E-state index in [1.807, 2.05) is 24.3 Å². The minimum atomic E-state index is 0.497. The fraction of sp³-hybridized carbons (Fsp3) is 0.333. The number of ether oxygens (including phenoxy) is 1. The molecule has 0 bridgehead atoms. The Labute approximate surface area is 135 Å². The van der Waals surface area contributed by atoms with Gasteiger partial charge in [-0.25, -0.2) is 0 Å². The molecule has 2 aromatic carbocycles. The van der Waals surface area contributed by atoms with E-state index in [0.717, 1.165) is 29.6 Å². The molecule has 112 valence electrons. The number of benzene rings is 2. The monoisotopic (exact) mass is 347 g/mol. The Hall–Kier alpha value is -1.32. The molecule has 3 heteroatoms. The zero-order chi connectivity index (χ0) is 14.9. The molecule has 0 amide bonds. The van der Waals surface area contributed by atoms with Gasteiger partial charge in [0.25, 0.3) is 0 Å². The molecular formula is C18H22BrNO. The van der Waals surface area contributed by atoms with Crippen molar-refractivity contribution in [1.29, 1.82) is 0 Å². The maximum Gasteiger partial charge on any atom is 0.120 e. The lowest BCUT2D eigenvalue weighted by Gasteiger charge is -2.14. The molecule has 0 aliphatic rings. The van der Waals surface area contributed by atoms with Gasteiger partial charge in [-0.3, -0.25) is 0 Å². The van der Waals surface area contributed by atoms with Crippen molar-refractivity contribution in [2.75, 3.05) is 13.2 Å². The summed E-state index contributed by atoms with van der Waals surface area (Å²) in [6.45, 7) is 3.77. The summed E-state index contributed by atoms with van der Waals surface area (Å²) in [5, 5.41) is 3.50. The number of aryl methyl sites for hydroxylation is 1. The van der Waals surface area contributed by atoms with Gasteiger partial charge in [0, 0.05) is 17.1 Å². The van der Waals surface area contributed by atoms with Crippen molar-refractivity contribution in [3.63, 3.8) is 0 Å². The van der Waals surface area contributed by atoms with Crippen LogP contribution in [0.4, 0.5) is 0 Å². The lowest BCUT2D eigenvalue weighted by atomic mass is 10.1. The number of hydrogen-bond acceptors (Lipinski definition) is 2. The highest BCUT2D eigenvalue weighted by Gasteiger charge is 2.02. The quantitative estimate of drug-likeness (QED) is 0.712. The fourth-order valence-electron chi connectivity index (χ4n) is 2.16. The van der Waals surface area contributed by atoms with Gasteiger partial charge in [0.1, 0.15) is 12.4 Å². The fourth-order valence-corrected chi connectivity index (χ4v) is 2.54. The highest BCUT2D eigenvalue weighted by Crippen LogP contribution is 2.17. The molecule has 0 spiro atoms. The van der Waals surface area contributed by atoms with Crippen molar-refractivity contribution in [1.82, 2.24) is 5.32 Å². The van der Waals surface area contributed by atoms with Gasteiger partial charge in [-0.15, -0.1) is 0 Å². The van der Waals surface area contributed by atoms with Gasteiger partial charge in [0.15, 0.2) is 0 Å². The van der Waals surface area contributed by atoms with Crippen molar-refractivity contribution >= 4 is 15.9 Å². The average molecular weight is 348 g/mol. The van der Waals surface area contributed by atoms with E-state index < -0.39 is 0 Å². The zero-order valence-corrected chi connectivity index (χ0v) is 14.0. The second-order valence-corrected chi connectivity index (χ2v) is 6.10. The van der Waals surface area contributed by atoms with Crippen LogP contribution in [0.3, 0.4) is 0 Å². The summed E-state index contributed by atoms with van der Waals surface area (Å²) < 4.78 is 6.75. The standard InChI is InChI=1S/C18H22BrNO/c1-15(10-11-16-6-3-2-4-7-16)20-12-13-21-18-9-5-8-17(19)14-18/h2-9,14-15,20H,10-13H2,1H3. The second kappa shape index (κ2) is 8.85. The van der Waals surface area contributed by atoms with Crippen LogP contribution in [0.2, 0.25) is 0 Å². The third kappa shape index (κ3) is 6.32. The van der Waals surface area contributed by atoms with Crippen molar-refractivity contribution < 1.29 is 4.74 Å². The first-order chi connectivity index (χ1) is 10.2. The van der Waals surface area contributed by atoms with Gasteiger partial charge in [-0.2, -0.15) is 0 Å². The van der Waals surface area contributed by atoms with Crippen LogP contribution in [0.5, 0.6) is 5.75 Å². The predicted molar refractivity (Wildman–Crippen MR) is 91.9 cm³/mol. The van der Waals surface area contributed by atoms with Gasteiger partial charge < -0.3 is 10.1 Å². The summed E-state index contributed by atoms with van der Waals surface area (Å²) >= 11 is 3.44. The maximum atomic E-state index is 5.71. The van der Waals surface area contributed by atoms with Crippen molar-refractivity contribution in [3.8, 4) is 5.75 Å². The smallest absolute Gasteiger partial charge is 0.120 e. The SMILES string of the molecule is CC(CCc1ccccc1)NCCOc1cccc(Br)c1. The number of nitrogens with one attached hydrogen (secondary N) is 1. The van der Waals surface area contributed by atoms with Crippen molar-refractivity contribution in [2.24, 2.45) is 0 Å². The first kappa shape index (κ1) is 16.1. The number of halogens is 1. The molecule has 1 unspecified atom stereocenters. The van der Waals surface area contributed by atoms with Crippen LogP contribution in [0.1, 0.15) is 18.9 Å². The molecule has 0 heterocycles. The summed E-state index contributed by atoms with van der Waals surface area (Å²) in [7, 11) is 0. The van der Waals surface area contributed by atoms with Crippen LogP contribution in [0.15, 0.2) is 59.1 Å². The summed E-state index contributed by atoms with van der Waals surface area (Å²) in [5.41, 5.74) is 1.40. The maximum absolute atomic E-state index is 5.71. The molecule has 0 radical (unpaired) electrons. The Kier molecular flexibility index (Phi) is 6.77. The summed E-state index contributed by atoms with van der Waals surface area (Å²) in [4.78, 5) is 0. The van der Waals surface area contributed by atoms with Crippen LogP contribution in [-0.2, 0) is 6.42 Å². The zero-order valence-electron chi connectivity index (χ0n) is 12.4. The minimum absolute atomic E-state index is 0.497. The van der Waals surface area contributed by atoms with E-state index in [0.29, 0.717) is 12.6 Å². The topological polar surface area (TPSA) is 21.3 Å². The first-order valence-corrected chi connectivity index (χ1v) is 8.19. The number of hydrogen-bond donors (Lipinski definition) is 1. The van der Waals surface area contributed by atoms with Gasteiger partial charge in [-0.1, -0.05) is 52.3 Å². The predicted octanol–water partition coefficient (Wildman–Crippen LogP) is 4.44. The molecule has 2 nitrogen and oxygen atoms in total. The number of rotatable bonds is 8. The highest BCUT2D eigenvalue weighted by atomic mass is 79.9. The third-order valence-corrected chi connectivity index (χ3v) is 3.86. The van der Waals surface area contributed by atoms with Gasteiger partial charge >= 0.3 is 0 Å². The molecule has 0 saturated heterocycles. The molecule has 1 atom stereocenters. The first-order valence-electron chi connectivity index (χ1n) is 7.40. The molecular weight excluding hydrogens is 326 g/mol. The Morgan fingerprint density at radius 1 is 1.10 bits per heavy atom. The van der Waals surface area contributed by atoms with Crippen LogP contribution in [0, 0.1) is 0 Å². The van der Waals surface area contributed by atoms with E-state index in [2.05, 4.69) is 58.5 Å². The lowest BCUT2D eigenvalue weighted by molar-refractivity contribution is 0.305. The van der Waals surface area contributed by atoms with Crippen LogP contribution < -0.4 is 10.1 Å². The Morgan fingerprint density at radius 3 is 2.67 bits per heavy atom. The second-order valence-electron chi connectivity index (χ2n) is 5.19. The largest absolute Gasteiger partial charge is 0.492 e. The van der Waals surface area contributed by atoms with E-state index in [1.54, 1.807) is 0 Å². The molecule has 2 aromatic rings.